The second-order valence-corrected chi connectivity index (χ2v) is 11.2. The summed E-state index contributed by atoms with van der Waals surface area (Å²) in [4.78, 5) is 27.8. The molecule has 0 spiro atoms. The van der Waals surface area contributed by atoms with Crippen molar-refractivity contribution in [3.05, 3.63) is 106 Å². The number of benzene rings is 4. The van der Waals surface area contributed by atoms with Gasteiger partial charge in [0.15, 0.2) is 0 Å². The molecule has 9 heteroatoms. The van der Waals surface area contributed by atoms with E-state index in [0.717, 1.165) is 11.3 Å². The Morgan fingerprint density at radius 3 is 2.48 bits per heavy atom. The zero-order valence-corrected chi connectivity index (χ0v) is 24.7. The van der Waals surface area contributed by atoms with Gasteiger partial charge in [0.05, 0.1) is 35.1 Å². The highest BCUT2D eigenvalue weighted by Gasteiger charge is 2.40. The standard InChI is InChI=1S/C33H31ClFN3O4/c1-18-10-11-19(35)16-24(18)29(36)28-22(14-15-26-30(28)38(4)32(40)33(2,3)37-26)21-13-12-20(17-27(21)41-5)42-31(39)23-8-6-7-9-25(23)34/h6-17,29,37H,36H2,1-5H3. The van der Waals surface area contributed by atoms with Gasteiger partial charge >= 0.3 is 5.97 Å². The molecule has 1 atom stereocenters. The molecule has 0 aliphatic carbocycles. The van der Waals surface area contributed by atoms with Gasteiger partial charge in [0.1, 0.15) is 22.9 Å². The highest BCUT2D eigenvalue weighted by atomic mass is 35.5. The summed E-state index contributed by atoms with van der Waals surface area (Å²) in [7, 11) is 3.21. The monoisotopic (exact) mass is 587 g/mol. The van der Waals surface area contributed by atoms with Crippen molar-refractivity contribution < 1.29 is 23.5 Å². The lowest BCUT2D eigenvalue weighted by molar-refractivity contribution is -0.121. The number of likely N-dealkylation sites (N-methyl/N-ethyl adjacent to an activating group) is 1. The summed E-state index contributed by atoms with van der Waals surface area (Å²) in [5.41, 5.74) is 10.9. The van der Waals surface area contributed by atoms with Gasteiger partial charge in [-0.25, -0.2) is 9.18 Å². The molecule has 0 fully saturated rings. The third-order valence-electron chi connectivity index (χ3n) is 7.49. The number of nitrogens with one attached hydrogen (secondary N) is 1. The number of aryl methyl sites for hydroxylation is 1. The predicted molar refractivity (Wildman–Crippen MR) is 163 cm³/mol. The third-order valence-corrected chi connectivity index (χ3v) is 7.82. The molecular weight excluding hydrogens is 557 g/mol. The number of anilines is 2. The molecule has 42 heavy (non-hydrogen) atoms. The van der Waals surface area contributed by atoms with Gasteiger partial charge in [-0.3, -0.25) is 4.79 Å². The minimum atomic E-state index is -0.843. The first-order valence-corrected chi connectivity index (χ1v) is 13.7. The lowest BCUT2D eigenvalue weighted by Gasteiger charge is -2.40. The Labute approximate surface area is 249 Å². The van der Waals surface area contributed by atoms with E-state index in [0.29, 0.717) is 33.7 Å². The van der Waals surface area contributed by atoms with Crippen LogP contribution in [0, 0.1) is 12.7 Å². The number of carbonyl (C=O) groups excluding carboxylic acids is 2. The van der Waals surface area contributed by atoms with E-state index in [1.807, 2.05) is 32.9 Å². The first kappa shape index (κ1) is 29.1. The molecule has 0 bridgehead atoms. The van der Waals surface area contributed by atoms with Crippen LogP contribution in [0.5, 0.6) is 11.5 Å². The van der Waals surface area contributed by atoms with Crippen molar-refractivity contribution in [3.8, 4) is 22.6 Å². The van der Waals surface area contributed by atoms with Crippen LogP contribution in [0.1, 0.15) is 46.9 Å². The molecule has 5 rings (SSSR count). The molecule has 0 radical (unpaired) electrons. The fourth-order valence-electron chi connectivity index (χ4n) is 5.38. The lowest BCUT2D eigenvalue weighted by Crippen LogP contribution is -2.53. The molecule has 0 aromatic heterocycles. The Kier molecular flexibility index (Phi) is 7.70. The summed E-state index contributed by atoms with van der Waals surface area (Å²) in [6, 6.07) is 19.1. The SMILES string of the molecule is COc1cc(OC(=O)c2ccccc2Cl)ccc1-c1ccc2c(c1C(N)c1cc(F)ccc1C)N(C)C(=O)C(C)(C)N2. The summed E-state index contributed by atoms with van der Waals surface area (Å²) in [6.45, 7) is 5.48. The molecule has 1 unspecified atom stereocenters. The Morgan fingerprint density at radius 1 is 1.05 bits per heavy atom. The Morgan fingerprint density at radius 2 is 1.76 bits per heavy atom. The van der Waals surface area contributed by atoms with Crippen molar-refractivity contribution in [1.29, 1.82) is 0 Å². The van der Waals surface area contributed by atoms with E-state index in [9.17, 15) is 14.0 Å². The second kappa shape index (κ2) is 11.1. The smallest absolute Gasteiger partial charge is 0.345 e. The van der Waals surface area contributed by atoms with E-state index in [4.69, 9.17) is 26.8 Å². The number of fused-ring (bicyclic) bond motifs is 1. The topological polar surface area (TPSA) is 93.9 Å². The molecule has 0 saturated carbocycles. The highest BCUT2D eigenvalue weighted by Crippen LogP contribution is 2.48. The van der Waals surface area contributed by atoms with Crippen LogP contribution < -0.4 is 25.4 Å². The molecule has 1 aliphatic rings. The van der Waals surface area contributed by atoms with Crippen LogP contribution in [0.4, 0.5) is 15.8 Å². The van der Waals surface area contributed by atoms with Crippen LogP contribution in [-0.2, 0) is 4.79 Å². The number of methoxy groups -OCH3 is 1. The van der Waals surface area contributed by atoms with Gasteiger partial charge < -0.3 is 25.4 Å². The van der Waals surface area contributed by atoms with Crippen LogP contribution in [-0.4, -0.2) is 31.6 Å². The zero-order chi connectivity index (χ0) is 30.3. The Balaban J connectivity index is 1.67. The number of nitrogens with zero attached hydrogens (tertiary/aromatic N) is 1. The number of nitrogens with two attached hydrogens (primary N) is 1. The molecule has 1 amide bonds. The maximum Gasteiger partial charge on any atom is 0.345 e. The molecule has 4 aromatic carbocycles. The minimum Gasteiger partial charge on any atom is -0.496 e. The Bertz CT molecular complexity index is 1720. The number of ether oxygens (including phenoxy) is 2. The normalized spacial score (nSPS) is 14.6. The summed E-state index contributed by atoms with van der Waals surface area (Å²) >= 11 is 6.17. The molecule has 4 aromatic rings. The number of halogens is 2. The van der Waals surface area contributed by atoms with E-state index >= 15 is 0 Å². The number of hydrogen-bond donors (Lipinski definition) is 2. The van der Waals surface area contributed by atoms with Gasteiger partial charge in [-0.15, -0.1) is 0 Å². The number of hydrogen-bond acceptors (Lipinski definition) is 6. The molecule has 1 aliphatic heterocycles. The van der Waals surface area contributed by atoms with Gasteiger partial charge in [0.2, 0.25) is 0 Å². The van der Waals surface area contributed by atoms with Gasteiger partial charge in [-0.2, -0.15) is 0 Å². The summed E-state index contributed by atoms with van der Waals surface area (Å²) in [5, 5.41) is 3.61. The zero-order valence-electron chi connectivity index (χ0n) is 23.9. The maximum absolute atomic E-state index is 14.4. The van der Waals surface area contributed by atoms with Gasteiger partial charge in [-0.1, -0.05) is 35.9 Å². The quantitative estimate of drug-likeness (QED) is 0.188. The third kappa shape index (κ3) is 5.19. The molecule has 216 valence electrons. The fraction of sp³-hybridized carbons (Fsp3) is 0.212. The maximum atomic E-state index is 14.4. The van der Waals surface area contributed by atoms with Crippen LogP contribution in [0.2, 0.25) is 5.02 Å². The first-order valence-electron chi connectivity index (χ1n) is 13.3. The van der Waals surface area contributed by atoms with Crippen LogP contribution >= 0.6 is 11.6 Å². The van der Waals surface area contributed by atoms with Crippen molar-refractivity contribution >= 4 is 34.9 Å². The summed E-state index contributed by atoms with van der Waals surface area (Å²) in [6.07, 6.45) is 0. The van der Waals surface area contributed by atoms with Crippen molar-refractivity contribution in [2.75, 3.05) is 24.4 Å². The fourth-order valence-corrected chi connectivity index (χ4v) is 5.59. The van der Waals surface area contributed by atoms with Crippen LogP contribution in [0.3, 0.4) is 0 Å². The van der Waals surface area contributed by atoms with E-state index in [-0.39, 0.29) is 22.2 Å². The second-order valence-electron chi connectivity index (χ2n) is 10.7. The number of amides is 1. The van der Waals surface area contributed by atoms with Gasteiger partial charge in [0, 0.05) is 24.2 Å². The number of esters is 1. The molecule has 3 N–H and O–H groups in total. The van der Waals surface area contributed by atoms with E-state index < -0.39 is 23.4 Å². The van der Waals surface area contributed by atoms with E-state index in [1.54, 1.807) is 60.5 Å². The average Bonchev–Trinajstić information content (AvgIpc) is 2.96. The van der Waals surface area contributed by atoms with E-state index in [2.05, 4.69) is 5.32 Å². The van der Waals surface area contributed by atoms with Crippen molar-refractivity contribution in [2.24, 2.45) is 5.73 Å². The number of carbonyl (C=O) groups is 2. The predicted octanol–water partition coefficient (Wildman–Crippen LogP) is 6.90. The lowest BCUT2D eigenvalue weighted by atomic mass is 9.85. The molecule has 1 heterocycles. The summed E-state index contributed by atoms with van der Waals surface area (Å²) in [5.74, 6) is -0.515. The first-order chi connectivity index (χ1) is 19.9. The van der Waals surface area contributed by atoms with Crippen molar-refractivity contribution in [3.63, 3.8) is 0 Å². The van der Waals surface area contributed by atoms with Crippen molar-refractivity contribution in [1.82, 2.24) is 0 Å². The largest absolute Gasteiger partial charge is 0.496 e. The van der Waals surface area contributed by atoms with Crippen LogP contribution in [0.15, 0.2) is 72.8 Å². The van der Waals surface area contributed by atoms with Gasteiger partial charge in [-0.05, 0) is 79.9 Å². The van der Waals surface area contributed by atoms with Crippen molar-refractivity contribution in [2.45, 2.75) is 32.4 Å². The number of rotatable bonds is 6. The molecular formula is C33H31ClFN3O4. The minimum absolute atomic E-state index is 0.148. The van der Waals surface area contributed by atoms with Crippen LogP contribution in [0.25, 0.3) is 11.1 Å². The molecule has 0 saturated heterocycles. The van der Waals surface area contributed by atoms with Gasteiger partial charge in [0.25, 0.3) is 5.91 Å². The molecule has 7 nitrogen and oxygen atoms in total. The highest BCUT2D eigenvalue weighted by molar-refractivity contribution is 6.33. The average molecular weight is 588 g/mol. The Hall–Kier alpha value is -4.40. The van der Waals surface area contributed by atoms with E-state index in [1.165, 1.54) is 19.2 Å². The summed E-state index contributed by atoms with van der Waals surface area (Å²) < 4.78 is 25.8.